The number of aliphatic carboxylic acids is 1. The Morgan fingerprint density at radius 2 is 1.81 bits per heavy atom. The third-order valence-corrected chi connectivity index (χ3v) is 3.29. The van der Waals surface area contributed by atoms with Crippen LogP contribution in [0.2, 0.25) is 0 Å². The minimum Gasteiger partial charge on any atom is -0.497 e. The van der Waals surface area contributed by atoms with E-state index in [4.69, 9.17) is 4.74 Å². The van der Waals surface area contributed by atoms with Crippen LogP contribution < -0.4 is 10.1 Å². The lowest BCUT2D eigenvalue weighted by atomic mass is 10.1. The Morgan fingerprint density at radius 1 is 1.14 bits per heavy atom. The molecule has 0 aliphatic rings. The minimum absolute atomic E-state index is 0.533. The second-order valence-corrected chi connectivity index (χ2v) is 4.79. The molecule has 0 aromatic heterocycles. The molecule has 21 heavy (non-hydrogen) atoms. The van der Waals surface area contributed by atoms with Crippen molar-refractivity contribution in [2.45, 2.75) is 18.9 Å². The number of benzene rings is 2. The molecule has 0 heterocycles. The molecule has 0 saturated carbocycles. The molecule has 2 aromatic carbocycles. The van der Waals surface area contributed by atoms with E-state index in [1.54, 1.807) is 19.2 Å². The maximum atomic E-state index is 11.4. The molecule has 2 rings (SSSR count). The van der Waals surface area contributed by atoms with Gasteiger partial charge in [0.2, 0.25) is 0 Å². The number of aryl methyl sites for hydroxylation is 1. The van der Waals surface area contributed by atoms with Gasteiger partial charge in [0.05, 0.1) is 7.11 Å². The van der Waals surface area contributed by atoms with Gasteiger partial charge in [-0.05, 0) is 42.7 Å². The number of rotatable bonds is 7. The van der Waals surface area contributed by atoms with Gasteiger partial charge in [0.25, 0.3) is 0 Å². The van der Waals surface area contributed by atoms with E-state index in [2.05, 4.69) is 5.32 Å². The third-order valence-electron chi connectivity index (χ3n) is 3.29. The molecule has 0 bridgehead atoms. The SMILES string of the molecule is COc1ccc(NC(CCc2ccccc2)C(=O)O)cc1. The van der Waals surface area contributed by atoms with Gasteiger partial charge in [-0.1, -0.05) is 30.3 Å². The Balaban J connectivity index is 1.96. The molecule has 0 amide bonds. The van der Waals surface area contributed by atoms with Crippen LogP contribution >= 0.6 is 0 Å². The Bertz CT molecular complexity index is 566. The normalized spacial score (nSPS) is 11.7. The Kier molecular flexibility index (Phi) is 5.21. The summed E-state index contributed by atoms with van der Waals surface area (Å²) in [6.45, 7) is 0. The van der Waals surface area contributed by atoms with Crippen molar-refractivity contribution in [2.24, 2.45) is 0 Å². The number of carboxylic acids is 1. The molecular weight excluding hydrogens is 266 g/mol. The molecule has 4 nitrogen and oxygen atoms in total. The summed E-state index contributed by atoms with van der Waals surface area (Å²) in [4.78, 5) is 11.4. The summed E-state index contributed by atoms with van der Waals surface area (Å²) < 4.78 is 5.08. The number of methoxy groups -OCH3 is 1. The molecule has 4 heteroatoms. The fraction of sp³-hybridized carbons (Fsp3) is 0.235. The lowest BCUT2D eigenvalue weighted by Gasteiger charge is -2.16. The van der Waals surface area contributed by atoms with Crippen LogP contribution in [0.5, 0.6) is 5.75 Å². The molecule has 0 saturated heterocycles. The zero-order chi connectivity index (χ0) is 15.1. The summed E-state index contributed by atoms with van der Waals surface area (Å²) in [5.41, 5.74) is 1.91. The average Bonchev–Trinajstić information content (AvgIpc) is 2.52. The van der Waals surface area contributed by atoms with Crippen LogP contribution in [0.1, 0.15) is 12.0 Å². The summed E-state index contributed by atoms with van der Waals surface area (Å²) in [6, 6.07) is 16.5. The summed E-state index contributed by atoms with van der Waals surface area (Å²) >= 11 is 0. The molecule has 0 fully saturated rings. The first-order chi connectivity index (χ1) is 10.2. The van der Waals surface area contributed by atoms with Crippen molar-refractivity contribution >= 4 is 11.7 Å². The first kappa shape index (κ1) is 14.9. The molecule has 2 aromatic rings. The Labute approximate surface area is 124 Å². The van der Waals surface area contributed by atoms with Gasteiger partial charge in [-0.2, -0.15) is 0 Å². The highest BCUT2D eigenvalue weighted by Gasteiger charge is 2.16. The molecule has 1 unspecified atom stereocenters. The molecule has 0 aliphatic carbocycles. The van der Waals surface area contributed by atoms with Crippen LogP contribution in [0.3, 0.4) is 0 Å². The molecule has 0 spiro atoms. The van der Waals surface area contributed by atoms with E-state index in [0.29, 0.717) is 6.42 Å². The fourth-order valence-corrected chi connectivity index (χ4v) is 2.10. The Morgan fingerprint density at radius 3 is 2.38 bits per heavy atom. The molecule has 0 radical (unpaired) electrons. The maximum Gasteiger partial charge on any atom is 0.326 e. The number of carboxylic acid groups (broad SMARTS) is 1. The van der Waals surface area contributed by atoms with Crippen LogP contribution in [-0.2, 0) is 11.2 Å². The predicted molar refractivity (Wildman–Crippen MR) is 82.8 cm³/mol. The molecule has 110 valence electrons. The van der Waals surface area contributed by atoms with Gasteiger partial charge < -0.3 is 15.2 Å². The van der Waals surface area contributed by atoms with Crippen molar-refractivity contribution in [2.75, 3.05) is 12.4 Å². The van der Waals surface area contributed by atoms with Gasteiger partial charge in [0.1, 0.15) is 11.8 Å². The number of anilines is 1. The zero-order valence-corrected chi connectivity index (χ0v) is 12.0. The standard InChI is InChI=1S/C17H19NO3/c1-21-15-10-8-14(9-11-15)18-16(17(19)20)12-7-13-5-3-2-4-6-13/h2-6,8-11,16,18H,7,12H2,1H3,(H,19,20). The minimum atomic E-state index is -0.846. The maximum absolute atomic E-state index is 11.4. The van der Waals surface area contributed by atoms with E-state index in [9.17, 15) is 9.90 Å². The molecule has 2 N–H and O–H groups in total. The zero-order valence-electron chi connectivity index (χ0n) is 12.0. The topological polar surface area (TPSA) is 58.6 Å². The van der Waals surface area contributed by atoms with Gasteiger partial charge in [0, 0.05) is 5.69 Å². The van der Waals surface area contributed by atoms with E-state index >= 15 is 0 Å². The van der Waals surface area contributed by atoms with Crippen LogP contribution in [-0.4, -0.2) is 24.2 Å². The van der Waals surface area contributed by atoms with Crippen LogP contribution in [0.15, 0.2) is 54.6 Å². The second kappa shape index (κ2) is 7.33. The number of nitrogens with one attached hydrogen (secondary N) is 1. The largest absolute Gasteiger partial charge is 0.497 e. The second-order valence-electron chi connectivity index (χ2n) is 4.79. The first-order valence-corrected chi connectivity index (χ1v) is 6.86. The average molecular weight is 285 g/mol. The lowest BCUT2D eigenvalue weighted by Crippen LogP contribution is -2.29. The van der Waals surface area contributed by atoms with Crippen molar-refractivity contribution in [1.29, 1.82) is 0 Å². The van der Waals surface area contributed by atoms with Gasteiger partial charge in [0.15, 0.2) is 0 Å². The number of hydrogen-bond acceptors (Lipinski definition) is 3. The van der Waals surface area contributed by atoms with Crippen molar-refractivity contribution in [3.8, 4) is 5.75 Å². The van der Waals surface area contributed by atoms with Gasteiger partial charge in [-0.15, -0.1) is 0 Å². The van der Waals surface area contributed by atoms with E-state index in [0.717, 1.165) is 23.4 Å². The van der Waals surface area contributed by atoms with Crippen molar-refractivity contribution in [3.05, 3.63) is 60.2 Å². The van der Waals surface area contributed by atoms with Crippen molar-refractivity contribution < 1.29 is 14.6 Å². The van der Waals surface area contributed by atoms with Crippen LogP contribution in [0.25, 0.3) is 0 Å². The number of hydrogen-bond donors (Lipinski definition) is 2. The van der Waals surface area contributed by atoms with Crippen LogP contribution in [0.4, 0.5) is 5.69 Å². The summed E-state index contributed by atoms with van der Waals surface area (Å²) in [6.07, 6.45) is 1.26. The van der Waals surface area contributed by atoms with Gasteiger partial charge in [-0.3, -0.25) is 0 Å². The lowest BCUT2D eigenvalue weighted by molar-refractivity contribution is -0.138. The van der Waals surface area contributed by atoms with Gasteiger partial charge >= 0.3 is 5.97 Å². The fourth-order valence-electron chi connectivity index (χ4n) is 2.10. The molecule has 0 aliphatic heterocycles. The number of ether oxygens (including phenoxy) is 1. The Hall–Kier alpha value is -2.49. The highest BCUT2D eigenvalue weighted by Crippen LogP contribution is 2.17. The first-order valence-electron chi connectivity index (χ1n) is 6.86. The van der Waals surface area contributed by atoms with Crippen molar-refractivity contribution in [3.63, 3.8) is 0 Å². The molecule has 1 atom stereocenters. The van der Waals surface area contributed by atoms with E-state index in [1.165, 1.54) is 0 Å². The number of carbonyl (C=O) groups is 1. The monoisotopic (exact) mass is 285 g/mol. The highest BCUT2D eigenvalue weighted by atomic mass is 16.5. The summed E-state index contributed by atoms with van der Waals surface area (Å²) in [5, 5.41) is 12.4. The van der Waals surface area contributed by atoms with E-state index < -0.39 is 12.0 Å². The quantitative estimate of drug-likeness (QED) is 0.820. The molecular formula is C17H19NO3. The van der Waals surface area contributed by atoms with Crippen LogP contribution in [0, 0.1) is 0 Å². The summed E-state index contributed by atoms with van der Waals surface area (Å²) in [5.74, 6) is -0.0986. The third kappa shape index (κ3) is 4.53. The predicted octanol–water partition coefficient (Wildman–Crippen LogP) is 3.19. The smallest absolute Gasteiger partial charge is 0.326 e. The van der Waals surface area contributed by atoms with E-state index in [1.807, 2.05) is 42.5 Å². The van der Waals surface area contributed by atoms with Gasteiger partial charge in [-0.25, -0.2) is 4.79 Å². The van der Waals surface area contributed by atoms with Crippen molar-refractivity contribution in [1.82, 2.24) is 0 Å². The summed E-state index contributed by atoms with van der Waals surface area (Å²) in [7, 11) is 1.60. The highest BCUT2D eigenvalue weighted by molar-refractivity contribution is 5.77. The van der Waals surface area contributed by atoms with E-state index in [-0.39, 0.29) is 0 Å².